The van der Waals surface area contributed by atoms with Gasteiger partial charge in [-0.05, 0) is 12.8 Å². The molecule has 1 saturated heterocycles. The highest BCUT2D eigenvalue weighted by atomic mass is 32.1. The Hall–Kier alpha value is -0.180. The van der Waals surface area contributed by atoms with Crippen molar-refractivity contribution in [2.24, 2.45) is 0 Å². The topological polar surface area (TPSA) is 27.1 Å². The molecular formula is C6H12N2S. The molecule has 0 aliphatic carbocycles. The standard InChI is InChI=1S/C6H12N2S/c7-6(5-9)8-3-1-2-4-8/h7,9H,1-5H2. The van der Waals surface area contributed by atoms with Gasteiger partial charge in [0.25, 0.3) is 0 Å². The molecule has 52 valence electrons. The number of hydrogen-bond acceptors (Lipinski definition) is 2. The van der Waals surface area contributed by atoms with Crippen LogP contribution in [0.1, 0.15) is 12.8 Å². The average molecular weight is 144 g/mol. The van der Waals surface area contributed by atoms with Crippen LogP contribution in [0.2, 0.25) is 0 Å². The van der Waals surface area contributed by atoms with Gasteiger partial charge in [0, 0.05) is 18.8 Å². The van der Waals surface area contributed by atoms with Gasteiger partial charge >= 0.3 is 0 Å². The Morgan fingerprint density at radius 1 is 1.44 bits per heavy atom. The van der Waals surface area contributed by atoms with Gasteiger partial charge in [0.15, 0.2) is 0 Å². The van der Waals surface area contributed by atoms with Gasteiger partial charge in [-0.25, -0.2) is 0 Å². The number of nitrogens with one attached hydrogen (secondary N) is 1. The SMILES string of the molecule is N=C(CS)N1CCCC1. The van der Waals surface area contributed by atoms with E-state index in [1.807, 2.05) is 0 Å². The number of hydrogen-bond donors (Lipinski definition) is 2. The Bertz CT molecular complexity index is 108. The highest BCUT2D eigenvalue weighted by molar-refractivity contribution is 7.81. The number of nitrogens with zero attached hydrogens (tertiary/aromatic N) is 1. The molecule has 0 unspecified atom stereocenters. The molecule has 1 aliphatic heterocycles. The lowest BCUT2D eigenvalue weighted by atomic mass is 10.4. The molecule has 0 aromatic heterocycles. The first-order chi connectivity index (χ1) is 4.34. The van der Waals surface area contributed by atoms with E-state index in [0.717, 1.165) is 13.1 Å². The predicted molar refractivity (Wildman–Crippen MR) is 42.4 cm³/mol. The molecular weight excluding hydrogens is 132 g/mol. The minimum atomic E-state index is 0.583. The molecule has 1 heterocycles. The molecule has 0 amide bonds. The summed E-state index contributed by atoms with van der Waals surface area (Å²) in [6.45, 7) is 2.14. The first-order valence-corrected chi connectivity index (χ1v) is 3.91. The number of likely N-dealkylation sites (tertiary alicyclic amines) is 1. The molecule has 0 aromatic rings. The first-order valence-electron chi connectivity index (χ1n) is 3.28. The minimum absolute atomic E-state index is 0.583. The summed E-state index contributed by atoms with van der Waals surface area (Å²) in [5, 5.41) is 7.38. The van der Waals surface area contributed by atoms with Crippen LogP contribution in [0.25, 0.3) is 0 Å². The third-order valence-electron chi connectivity index (χ3n) is 1.64. The molecule has 0 radical (unpaired) electrons. The predicted octanol–water partition coefficient (Wildman–Crippen LogP) is 0.989. The molecule has 1 fully saturated rings. The molecule has 0 bridgehead atoms. The lowest BCUT2D eigenvalue weighted by Crippen LogP contribution is -2.27. The largest absolute Gasteiger partial charge is 0.360 e. The Labute approximate surface area is 61.2 Å². The Kier molecular flexibility index (Phi) is 2.39. The summed E-state index contributed by atoms with van der Waals surface area (Å²) in [6, 6.07) is 0. The van der Waals surface area contributed by atoms with Crippen molar-refractivity contribution in [1.29, 1.82) is 5.41 Å². The maximum absolute atomic E-state index is 7.38. The monoisotopic (exact) mass is 144 g/mol. The Balaban J connectivity index is 2.32. The highest BCUT2D eigenvalue weighted by Crippen LogP contribution is 2.07. The lowest BCUT2D eigenvalue weighted by Gasteiger charge is -2.15. The minimum Gasteiger partial charge on any atom is -0.360 e. The molecule has 0 atom stereocenters. The molecule has 2 nitrogen and oxygen atoms in total. The Morgan fingerprint density at radius 2 is 2.00 bits per heavy atom. The smallest absolute Gasteiger partial charge is 0.106 e. The second kappa shape index (κ2) is 3.11. The molecule has 1 rings (SSSR count). The molecule has 9 heavy (non-hydrogen) atoms. The van der Waals surface area contributed by atoms with Crippen molar-refractivity contribution < 1.29 is 0 Å². The second-order valence-corrected chi connectivity index (χ2v) is 2.62. The fraction of sp³-hybridized carbons (Fsp3) is 0.833. The van der Waals surface area contributed by atoms with Gasteiger partial charge in [0.1, 0.15) is 5.84 Å². The molecule has 0 aromatic carbocycles. The zero-order valence-corrected chi connectivity index (χ0v) is 6.32. The summed E-state index contributed by atoms with van der Waals surface area (Å²) in [6.07, 6.45) is 2.49. The van der Waals surface area contributed by atoms with Gasteiger partial charge in [-0.15, -0.1) is 0 Å². The van der Waals surface area contributed by atoms with E-state index < -0.39 is 0 Å². The molecule has 3 heteroatoms. The zero-order chi connectivity index (χ0) is 6.69. The quantitative estimate of drug-likeness (QED) is 0.320. The fourth-order valence-corrected chi connectivity index (χ4v) is 1.29. The molecule has 0 saturated carbocycles. The van der Waals surface area contributed by atoms with E-state index in [1.54, 1.807) is 0 Å². The third kappa shape index (κ3) is 1.61. The zero-order valence-electron chi connectivity index (χ0n) is 5.43. The second-order valence-electron chi connectivity index (χ2n) is 2.30. The number of amidine groups is 1. The van der Waals surface area contributed by atoms with Crippen molar-refractivity contribution in [3.63, 3.8) is 0 Å². The van der Waals surface area contributed by atoms with Crippen molar-refractivity contribution in [3.05, 3.63) is 0 Å². The van der Waals surface area contributed by atoms with Crippen LogP contribution in [0.15, 0.2) is 0 Å². The van der Waals surface area contributed by atoms with Crippen LogP contribution >= 0.6 is 12.6 Å². The van der Waals surface area contributed by atoms with E-state index in [4.69, 9.17) is 5.41 Å². The van der Waals surface area contributed by atoms with Crippen molar-refractivity contribution in [2.45, 2.75) is 12.8 Å². The maximum atomic E-state index is 7.38. The summed E-state index contributed by atoms with van der Waals surface area (Å²) in [5.74, 6) is 1.26. The Morgan fingerprint density at radius 3 is 2.44 bits per heavy atom. The van der Waals surface area contributed by atoms with Crippen LogP contribution in [0.5, 0.6) is 0 Å². The first kappa shape index (κ1) is 6.93. The van der Waals surface area contributed by atoms with E-state index in [1.165, 1.54) is 12.8 Å². The van der Waals surface area contributed by atoms with Gasteiger partial charge in [-0.2, -0.15) is 12.6 Å². The van der Waals surface area contributed by atoms with E-state index in [0.29, 0.717) is 11.6 Å². The lowest BCUT2D eigenvalue weighted by molar-refractivity contribution is 0.514. The van der Waals surface area contributed by atoms with Crippen LogP contribution in [-0.4, -0.2) is 29.6 Å². The molecule has 0 spiro atoms. The third-order valence-corrected chi connectivity index (χ3v) is 1.94. The number of thiol groups is 1. The molecule has 1 N–H and O–H groups in total. The van der Waals surface area contributed by atoms with Crippen molar-refractivity contribution >= 4 is 18.5 Å². The molecule has 1 aliphatic rings. The average Bonchev–Trinajstić information content (AvgIpc) is 2.37. The van der Waals surface area contributed by atoms with Gasteiger partial charge in [-0.1, -0.05) is 0 Å². The van der Waals surface area contributed by atoms with E-state index >= 15 is 0 Å². The van der Waals surface area contributed by atoms with E-state index in [9.17, 15) is 0 Å². The number of rotatable bonds is 1. The summed E-state index contributed by atoms with van der Waals surface area (Å²) in [7, 11) is 0. The summed E-state index contributed by atoms with van der Waals surface area (Å²) >= 11 is 4.02. The van der Waals surface area contributed by atoms with Crippen LogP contribution in [-0.2, 0) is 0 Å². The van der Waals surface area contributed by atoms with Gasteiger partial charge in [0.05, 0.1) is 0 Å². The van der Waals surface area contributed by atoms with Gasteiger partial charge < -0.3 is 4.90 Å². The van der Waals surface area contributed by atoms with Crippen molar-refractivity contribution in [2.75, 3.05) is 18.8 Å². The summed E-state index contributed by atoms with van der Waals surface area (Å²) in [4.78, 5) is 2.09. The fourth-order valence-electron chi connectivity index (χ4n) is 1.09. The maximum Gasteiger partial charge on any atom is 0.106 e. The van der Waals surface area contributed by atoms with Gasteiger partial charge in [0.2, 0.25) is 0 Å². The van der Waals surface area contributed by atoms with E-state index in [-0.39, 0.29) is 0 Å². The van der Waals surface area contributed by atoms with Gasteiger partial charge in [-0.3, -0.25) is 5.41 Å². The van der Waals surface area contributed by atoms with Crippen molar-refractivity contribution in [3.8, 4) is 0 Å². The van der Waals surface area contributed by atoms with Crippen LogP contribution in [0, 0.1) is 5.41 Å². The van der Waals surface area contributed by atoms with Crippen molar-refractivity contribution in [1.82, 2.24) is 4.90 Å². The van der Waals surface area contributed by atoms with Crippen LogP contribution in [0.4, 0.5) is 0 Å². The summed E-state index contributed by atoms with van der Waals surface area (Å²) in [5.41, 5.74) is 0. The normalized spacial score (nSPS) is 18.6. The summed E-state index contributed by atoms with van der Waals surface area (Å²) < 4.78 is 0. The van der Waals surface area contributed by atoms with E-state index in [2.05, 4.69) is 17.5 Å². The highest BCUT2D eigenvalue weighted by Gasteiger charge is 2.12. The van der Waals surface area contributed by atoms with Crippen LogP contribution in [0.3, 0.4) is 0 Å². The van der Waals surface area contributed by atoms with Crippen LogP contribution < -0.4 is 0 Å².